The van der Waals surface area contributed by atoms with E-state index in [9.17, 15) is 0 Å². The van der Waals surface area contributed by atoms with Gasteiger partial charge in [0.1, 0.15) is 0 Å². The van der Waals surface area contributed by atoms with Gasteiger partial charge in [0.05, 0.1) is 12.9 Å². The molecule has 0 aliphatic rings. The summed E-state index contributed by atoms with van der Waals surface area (Å²) in [6.07, 6.45) is 5.46. The summed E-state index contributed by atoms with van der Waals surface area (Å²) >= 11 is 0. The topological polar surface area (TPSA) is 50.1 Å². The Bertz CT molecular complexity index is 436. The molecule has 0 bridgehead atoms. The molecule has 0 aliphatic heterocycles. The van der Waals surface area contributed by atoms with Gasteiger partial charge in [-0.2, -0.15) is 0 Å². The minimum atomic E-state index is 0.128. The monoisotopic (exact) mass is 231 g/mol. The van der Waals surface area contributed by atoms with Crippen molar-refractivity contribution in [1.82, 2.24) is 14.9 Å². The molecule has 1 unspecified atom stereocenters. The smallest absolute Gasteiger partial charge is 0.0991 e. The van der Waals surface area contributed by atoms with Crippen LogP contribution >= 0.6 is 0 Å². The van der Waals surface area contributed by atoms with Crippen molar-refractivity contribution in [2.45, 2.75) is 19.5 Å². The standard InChI is InChI=1S/C13H17N3O/c1-11(9-17)15-8-12-2-4-13(5-3-12)16-7-6-14-10-16/h2-7,10-11,15,17H,8-9H2,1H3. The van der Waals surface area contributed by atoms with Crippen LogP contribution in [-0.4, -0.2) is 27.3 Å². The van der Waals surface area contributed by atoms with Crippen molar-refractivity contribution in [2.24, 2.45) is 0 Å². The van der Waals surface area contributed by atoms with Gasteiger partial charge in [0.15, 0.2) is 0 Å². The number of hydrogen-bond donors (Lipinski definition) is 2. The zero-order valence-corrected chi connectivity index (χ0v) is 9.87. The molecule has 0 saturated heterocycles. The van der Waals surface area contributed by atoms with E-state index in [4.69, 9.17) is 5.11 Å². The van der Waals surface area contributed by atoms with Crippen LogP contribution in [0.1, 0.15) is 12.5 Å². The summed E-state index contributed by atoms with van der Waals surface area (Å²) in [6, 6.07) is 8.40. The fourth-order valence-corrected chi connectivity index (χ4v) is 1.55. The Morgan fingerprint density at radius 1 is 1.35 bits per heavy atom. The van der Waals surface area contributed by atoms with Crippen LogP contribution < -0.4 is 5.32 Å². The number of hydrogen-bond acceptors (Lipinski definition) is 3. The molecule has 4 heteroatoms. The Morgan fingerprint density at radius 2 is 2.12 bits per heavy atom. The minimum absolute atomic E-state index is 0.128. The maximum atomic E-state index is 8.91. The van der Waals surface area contributed by atoms with Crippen molar-refractivity contribution >= 4 is 0 Å². The molecule has 0 amide bonds. The molecule has 1 aromatic heterocycles. The summed E-state index contributed by atoms with van der Waals surface area (Å²) < 4.78 is 1.97. The lowest BCUT2D eigenvalue weighted by Gasteiger charge is -2.11. The molecule has 90 valence electrons. The van der Waals surface area contributed by atoms with E-state index in [0.29, 0.717) is 0 Å². The highest BCUT2D eigenvalue weighted by atomic mass is 16.3. The number of aliphatic hydroxyl groups is 1. The number of nitrogens with zero attached hydrogens (tertiary/aromatic N) is 2. The Balaban J connectivity index is 1.99. The molecule has 1 aromatic carbocycles. The summed E-state index contributed by atoms with van der Waals surface area (Å²) in [5.41, 5.74) is 2.30. The Kier molecular flexibility index (Phi) is 3.90. The predicted molar refractivity (Wildman–Crippen MR) is 67.0 cm³/mol. The van der Waals surface area contributed by atoms with Gasteiger partial charge < -0.3 is 15.0 Å². The Labute approximate surface area is 101 Å². The molecule has 0 spiro atoms. The number of nitrogens with one attached hydrogen (secondary N) is 1. The average molecular weight is 231 g/mol. The number of benzene rings is 1. The summed E-state index contributed by atoms with van der Waals surface area (Å²) in [7, 11) is 0. The van der Waals surface area contributed by atoms with Gasteiger partial charge in [-0.05, 0) is 24.6 Å². The van der Waals surface area contributed by atoms with Crippen molar-refractivity contribution in [3.05, 3.63) is 48.5 Å². The van der Waals surface area contributed by atoms with Gasteiger partial charge in [-0.15, -0.1) is 0 Å². The van der Waals surface area contributed by atoms with E-state index in [1.54, 1.807) is 12.5 Å². The lowest BCUT2D eigenvalue weighted by molar-refractivity contribution is 0.251. The highest BCUT2D eigenvalue weighted by molar-refractivity contribution is 5.34. The Hall–Kier alpha value is -1.65. The van der Waals surface area contributed by atoms with Gasteiger partial charge in [0, 0.05) is 30.7 Å². The van der Waals surface area contributed by atoms with E-state index >= 15 is 0 Å². The normalized spacial score (nSPS) is 12.6. The lowest BCUT2D eigenvalue weighted by atomic mass is 10.2. The third-order valence-electron chi connectivity index (χ3n) is 2.67. The third-order valence-corrected chi connectivity index (χ3v) is 2.67. The molecule has 2 rings (SSSR count). The van der Waals surface area contributed by atoms with Crippen LogP contribution in [0.3, 0.4) is 0 Å². The first-order valence-electron chi connectivity index (χ1n) is 5.71. The molecule has 1 heterocycles. The van der Waals surface area contributed by atoms with E-state index in [0.717, 1.165) is 12.2 Å². The SMILES string of the molecule is CC(CO)NCc1ccc(-n2ccnc2)cc1. The highest BCUT2D eigenvalue weighted by Crippen LogP contribution is 2.09. The van der Waals surface area contributed by atoms with Crippen molar-refractivity contribution in [1.29, 1.82) is 0 Å². The van der Waals surface area contributed by atoms with Crippen molar-refractivity contribution in [3.63, 3.8) is 0 Å². The maximum absolute atomic E-state index is 8.91. The first-order valence-corrected chi connectivity index (χ1v) is 5.71. The van der Waals surface area contributed by atoms with E-state index in [2.05, 4.69) is 34.6 Å². The van der Waals surface area contributed by atoms with Crippen LogP contribution in [0.25, 0.3) is 5.69 Å². The molecule has 1 atom stereocenters. The minimum Gasteiger partial charge on any atom is -0.395 e. The zero-order valence-electron chi connectivity index (χ0n) is 9.87. The molecule has 0 radical (unpaired) electrons. The van der Waals surface area contributed by atoms with Gasteiger partial charge in [-0.25, -0.2) is 4.98 Å². The van der Waals surface area contributed by atoms with Crippen LogP contribution in [0, 0.1) is 0 Å². The molecule has 2 N–H and O–H groups in total. The first-order chi connectivity index (χ1) is 8.29. The molecular weight excluding hydrogens is 214 g/mol. The molecule has 4 nitrogen and oxygen atoms in total. The molecule has 17 heavy (non-hydrogen) atoms. The first kappa shape index (κ1) is 11.8. The summed E-state index contributed by atoms with van der Waals surface area (Å²) in [4.78, 5) is 4.01. The van der Waals surface area contributed by atoms with Crippen molar-refractivity contribution in [2.75, 3.05) is 6.61 Å². The number of rotatable bonds is 5. The van der Waals surface area contributed by atoms with Crippen LogP contribution in [0.15, 0.2) is 43.0 Å². The summed E-state index contributed by atoms with van der Waals surface area (Å²) in [5, 5.41) is 12.1. The van der Waals surface area contributed by atoms with E-state index in [1.165, 1.54) is 5.56 Å². The van der Waals surface area contributed by atoms with Crippen LogP contribution in [0.4, 0.5) is 0 Å². The quantitative estimate of drug-likeness (QED) is 0.816. The summed E-state index contributed by atoms with van der Waals surface area (Å²) in [5.74, 6) is 0. The number of aromatic nitrogens is 2. The molecule has 0 aliphatic carbocycles. The Morgan fingerprint density at radius 3 is 2.71 bits per heavy atom. The predicted octanol–water partition coefficient (Wildman–Crippen LogP) is 1.34. The number of imidazole rings is 1. The maximum Gasteiger partial charge on any atom is 0.0991 e. The van der Waals surface area contributed by atoms with E-state index in [1.807, 2.05) is 17.7 Å². The highest BCUT2D eigenvalue weighted by Gasteiger charge is 2.00. The fraction of sp³-hybridized carbons (Fsp3) is 0.308. The van der Waals surface area contributed by atoms with Gasteiger partial charge in [0.25, 0.3) is 0 Å². The van der Waals surface area contributed by atoms with Gasteiger partial charge in [0.2, 0.25) is 0 Å². The number of aliphatic hydroxyl groups excluding tert-OH is 1. The fourth-order valence-electron chi connectivity index (χ4n) is 1.55. The molecule has 0 saturated carbocycles. The second-order valence-electron chi connectivity index (χ2n) is 4.10. The molecule has 2 aromatic rings. The van der Waals surface area contributed by atoms with Gasteiger partial charge in [-0.3, -0.25) is 0 Å². The van der Waals surface area contributed by atoms with E-state index < -0.39 is 0 Å². The van der Waals surface area contributed by atoms with E-state index in [-0.39, 0.29) is 12.6 Å². The zero-order chi connectivity index (χ0) is 12.1. The van der Waals surface area contributed by atoms with Gasteiger partial charge in [-0.1, -0.05) is 12.1 Å². The van der Waals surface area contributed by atoms with Crippen molar-refractivity contribution in [3.8, 4) is 5.69 Å². The molecule has 0 fully saturated rings. The van der Waals surface area contributed by atoms with Crippen LogP contribution in [-0.2, 0) is 6.54 Å². The van der Waals surface area contributed by atoms with Crippen molar-refractivity contribution < 1.29 is 5.11 Å². The van der Waals surface area contributed by atoms with Gasteiger partial charge >= 0.3 is 0 Å². The third kappa shape index (κ3) is 3.15. The van der Waals surface area contributed by atoms with Crippen LogP contribution in [0.2, 0.25) is 0 Å². The van der Waals surface area contributed by atoms with Crippen LogP contribution in [0.5, 0.6) is 0 Å². The molecular formula is C13H17N3O. The second-order valence-corrected chi connectivity index (χ2v) is 4.10. The summed E-state index contributed by atoms with van der Waals surface area (Å²) in [6.45, 7) is 2.89. The second kappa shape index (κ2) is 5.61. The largest absolute Gasteiger partial charge is 0.395 e. The average Bonchev–Trinajstić information content (AvgIpc) is 2.90. The lowest BCUT2D eigenvalue weighted by Crippen LogP contribution is -2.28.